The van der Waals surface area contributed by atoms with Crippen molar-refractivity contribution in [3.63, 3.8) is 0 Å². The molecule has 0 saturated carbocycles. The van der Waals surface area contributed by atoms with E-state index in [2.05, 4.69) is 230 Å². The van der Waals surface area contributed by atoms with Gasteiger partial charge in [-0.1, -0.05) is 121 Å². The van der Waals surface area contributed by atoms with Crippen LogP contribution >= 0.6 is 0 Å². The maximum Gasteiger partial charge on any atom is 0.145 e. The van der Waals surface area contributed by atoms with Gasteiger partial charge in [0.15, 0.2) is 0 Å². The molecule has 6 nitrogen and oxygen atoms in total. The average Bonchev–Trinajstić information content (AvgIpc) is 4.05. The van der Waals surface area contributed by atoms with Gasteiger partial charge < -0.3 is 9.13 Å². The first kappa shape index (κ1) is 36.8. The Kier molecular flexibility index (Phi) is 8.42. The smallest absolute Gasteiger partial charge is 0.145 e. The van der Waals surface area contributed by atoms with E-state index in [4.69, 9.17) is 4.98 Å². The van der Waals surface area contributed by atoms with Crippen molar-refractivity contribution in [1.29, 1.82) is 0 Å². The van der Waals surface area contributed by atoms with Crippen LogP contribution in [0.1, 0.15) is 0 Å². The molecule has 4 aromatic heterocycles. The van der Waals surface area contributed by atoms with E-state index in [9.17, 15) is 0 Å². The first-order valence-electron chi connectivity index (χ1n) is 21.9. The van der Waals surface area contributed by atoms with Crippen molar-refractivity contribution in [1.82, 2.24) is 28.7 Å². The summed E-state index contributed by atoms with van der Waals surface area (Å²) in [5.74, 6) is 0.870. The Morgan fingerprint density at radius 2 is 0.800 bits per heavy atom. The third-order valence-corrected chi connectivity index (χ3v) is 12.8. The van der Waals surface area contributed by atoms with E-state index >= 15 is 0 Å². The van der Waals surface area contributed by atoms with Crippen LogP contribution in [0.25, 0.3) is 117 Å². The van der Waals surface area contributed by atoms with Crippen molar-refractivity contribution in [2.24, 2.45) is 0 Å². The third kappa shape index (κ3) is 6.07. The highest BCUT2D eigenvalue weighted by Gasteiger charge is 2.19. The van der Waals surface area contributed by atoms with E-state index in [1.807, 2.05) is 6.07 Å². The number of para-hydroxylation sites is 4. The van der Waals surface area contributed by atoms with E-state index in [1.54, 1.807) is 18.6 Å². The number of hydrogen-bond acceptors (Lipinski definition) is 3. The van der Waals surface area contributed by atoms with Crippen molar-refractivity contribution >= 4 is 54.6 Å². The Labute approximate surface area is 374 Å². The third-order valence-electron chi connectivity index (χ3n) is 12.8. The van der Waals surface area contributed by atoms with Gasteiger partial charge in [-0.05, 0) is 113 Å². The quantitative estimate of drug-likeness (QED) is 0.161. The summed E-state index contributed by atoms with van der Waals surface area (Å²) in [6, 6.07) is 76.4. The van der Waals surface area contributed by atoms with Gasteiger partial charge in [0.05, 0.1) is 45.0 Å². The molecule has 9 aromatic carbocycles. The van der Waals surface area contributed by atoms with Crippen LogP contribution in [0.5, 0.6) is 0 Å². The van der Waals surface area contributed by atoms with Crippen LogP contribution in [0.2, 0.25) is 0 Å². The fourth-order valence-electron chi connectivity index (χ4n) is 9.79. The van der Waals surface area contributed by atoms with Gasteiger partial charge >= 0.3 is 0 Å². The summed E-state index contributed by atoms with van der Waals surface area (Å²) in [6.45, 7) is 0. The lowest BCUT2D eigenvalue weighted by Crippen LogP contribution is -1.99. The average molecular weight is 831 g/mol. The van der Waals surface area contributed by atoms with E-state index < -0.39 is 0 Å². The van der Waals surface area contributed by atoms with Gasteiger partial charge in [-0.25, -0.2) is 4.98 Å². The molecule has 0 aliphatic carbocycles. The van der Waals surface area contributed by atoms with Crippen molar-refractivity contribution < 1.29 is 0 Å². The Morgan fingerprint density at radius 1 is 0.308 bits per heavy atom. The number of fused-ring (bicyclic) bond motifs is 7. The zero-order chi connectivity index (χ0) is 42.8. The van der Waals surface area contributed by atoms with Gasteiger partial charge in [-0.15, -0.1) is 0 Å². The maximum absolute atomic E-state index is 5.16. The molecular formula is C59H38N6. The van der Waals surface area contributed by atoms with E-state index in [0.717, 1.165) is 56.3 Å². The molecule has 304 valence electrons. The number of benzene rings is 9. The summed E-state index contributed by atoms with van der Waals surface area (Å²) in [6.07, 6.45) is 5.22. The molecule has 0 radical (unpaired) electrons. The number of imidazole rings is 1. The number of rotatable bonds is 7. The molecule has 0 atom stereocenters. The Hall–Kier alpha value is -8.87. The molecule has 0 bridgehead atoms. The Bertz CT molecular complexity index is 3920. The molecule has 0 unspecified atom stereocenters. The summed E-state index contributed by atoms with van der Waals surface area (Å²) in [7, 11) is 0. The molecule has 0 aliphatic rings. The lowest BCUT2D eigenvalue weighted by molar-refractivity contribution is 1.09. The normalized spacial score (nSPS) is 11.7. The SMILES string of the molecule is c1ccc(-c2ccc(-n3c4ccccc4c4cc(-c5ccc6c(c5)c5ccccc5n6-c5ccc(-n6c(-c7cccc(-c8cnccn8)c7)nc7ccccc76)cc5)ccc43)cc2)cc1. The van der Waals surface area contributed by atoms with Crippen LogP contribution in [0.15, 0.2) is 231 Å². The van der Waals surface area contributed by atoms with Gasteiger partial charge in [-0.2, -0.15) is 0 Å². The van der Waals surface area contributed by atoms with Crippen LogP contribution in [-0.4, -0.2) is 28.7 Å². The molecule has 0 amide bonds. The van der Waals surface area contributed by atoms with Crippen LogP contribution in [0.3, 0.4) is 0 Å². The van der Waals surface area contributed by atoms with Gasteiger partial charge in [0.25, 0.3) is 0 Å². The standard InChI is InChI=1S/C59H38N6/c1-2-11-39(12-3-1)40-21-25-45(26-22-40)63-54-18-7-4-15-48(54)50-36-41(23-31-56(50)63)42-24-32-57-51(37-42)49-16-5-8-19-55(49)64(57)46-27-29-47(30-28-46)65-58-20-9-6-17-52(58)62-59(65)44-14-10-13-43(35-44)53-38-60-33-34-61-53/h1-38H. The second-order valence-electron chi connectivity index (χ2n) is 16.5. The van der Waals surface area contributed by atoms with Crippen LogP contribution in [0, 0.1) is 0 Å². The largest absolute Gasteiger partial charge is 0.309 e. The summed E-state index contributed by atoms with van der Waals surface area (Å²) in [5, 5.41) is 4.91. The van der Waals surface area contributed by atoms with Crippen LogP contribution < -0.4 is 0 Å². The molecule has 0 spiro atoms. The number of hydrogen-bond donors (Lipinski definition) is 0. The van der Waals surface area contributed by atoms with Gasteiger partial charge in [0.2, 0.25) is 0 Å². The first-order valence-corrected chi connectivity index (χ1v) is 21.9. The lowest BCUT2D eigenvalue weighted by Gasteiger charge is -2.13. The van der Waals surface area contributed by atoms with E-state index in [0.29, 0.717) is 0 Å². The van der Waals surface area contributed by atoms with Crippen molar-refractivity contribution in [2.45, 2.75) is 0 Å². The molecule has 4 heterocycles. The monoisotopic (exact) mass is 830 g/mol. The molecule has 0 fully saturated rings. The van der Waals surface area contributed by atoms with Gasteiger partial charge in [0.1, 0.15) is 5.82 Å². The fraction of sp³-hybridized carbons (Fsp3) is 0. The predicted molar refractivity (Wildman–Crippen MR) is 267 cm³/mol. The predicted octanol–water partition coefficient (Wildman–Crippen LogP) is 14.7. The molecular weight excluding hydrogens is 793 g/mol. The van der Waals surface area contributed by atoms with Crippen LogP contribution in [-0.2, 0) is 0 Å². The summed E-state index contributed by atoms with van der Waals surface area (Å²) >= 11 is 0. The second-order valence-corrected chi connectivity index (χ2v) is 16.5. The van der Waals surface area contributed by atoms with Crippen molar-refractivity contribution in [3.05, 3.63) is 231 Å². The molecule has 13 rings (SSSR count). The second kappa shape index (κ2) is 14.9. The van der Waals surface area contributed by atoms with E-state index in [1.165, 1.54) is 60.3 Å². The molecule has 0 N–H and O–H groups in total. The zero-order valence-electron chi connectivity index (χ0n) is 35.1. The Morgan fingerprint density at radius 3 is 1.43 bits per heavy atom. The zero-order valence-corrected chi connectivity index (χ0v) is 35.1. The van der Waals surface area contributed by atoms with Crippen LogP contribution in [0.4, 0.5) is 0 Å². The van der Waals surface area contributed by atoms with Gasteiger partial charge in [-0.3, -0.25) is 14.5 Å². The maximum atomic E-state index is 5.16. The highest BCUT2D eigenvalue weighted by Crippen LogP contribution is 2.39. The fourth-order valence-corrected chi connectivity index (χ4v) is 9.79. The molecule has 0 saturated heterocycles. The summed E-state index contributed by atoms with van der Waals surface area (Å²) < 4.78 is 7.03. The minimum Gasteiger partial charge on any atom is -0.309 e. The highest BCUT2D eigenvalue weighted by atomic mass is 15.1. The number of nitrogens with zero attached hydrogens (tertiary/aromatic N) is 6. The number of aromatic nitrogens is 6. The van der Waals surface area contributed by atoms with Crippen molar-refractivity contribution in [3.8, 4) is 62.0 Å². The minimum atomic E-state index is 0.825. The molecule has 65 heavy (non-hydrogen) atoms. The molecule has 13 aromatic rings. The summed E-state index contributed by atoms with van der Waals surface area (Å²) in [5.41, 5.74) is 17.6. The lowest BCUT2D eigenvalue weighted by atomic mass is 10.0. The minimum absolute atomic E-state index is 0.825. The van der Waals surface area contributed by atoms with Crippen molar-refractivity contribution in [2.75, 3.05) is 0 Å². The first-order chi connectivity index (χ1) is 32.2. The summed E-state index contributed by atoms with van der Waals surface area (Å²) in [4.78, 5) is 14.0. The van der Waals surface area contributed by atoms with Gasteiger partial charge in [0, 0.05) is 62.1 Å². The molecule has 6 heteroatoms. The Balaban J connectivity index is 0.888. The van der Waals surface area contributed by atoms with E-state index in [-0.39, 0.29) is 0 Å². The highest BCUT2D eigenvalue weighted by molar-refractivity contribution is 6.12. The topological polar surface area (TPSA) is 53.5 Å². The molecule has 0 aliphatic heterocycles.